The summed E-state index contributed by atoms with van der Waals surface area (Å²) >= 11 is 0. The van der Waals surface area contributed by atoms with Gasteiger partial charge in [0.05, 0.1) is 25.8 Å². The third-order valence-electron chi connectivity index (χ3n) is 8.52. The summed E-state index contributed by atoms with van der Waals surface area (Å²) in [6.07, 6.45) is 4.82. The molecule has 0 aliphatic carbocycles. The highest BCUT2D eigenvalue weighted by Crippen LogP contribution is 2.38. The lowest BCUT2D eigenvalue weighted by Crippen LogP contribution is -2.41. The SMILES string of the molecule is CNC(=O)CN1CCC(COc2cc3nccc(Oc4ccc(NC(=O)c5cccn(-c6ccc(F)cc6)c5=O)cc4F)c3cc2OC)CC1. The second kappa shape index (κ2) is 15.2. The van der Waals surface area contributed by atoms with Crippen LogP contribution in [0, 0.1) is 17.6 Å². The number of halogens is 2. The van der Waals surface area contributed by atoms with Crippen LogP contribution < -0.4 is 30.4 Å². The van der Waals surface area contributed by atoms with E-state index in [1.165, 1.54) is 66.4 Å². The van der Waals surface area contributed by atoms with Gasteiger partial charge in [0.1, 0.15) is 17.1 Å². The molecule has 0 spiro atoms. The molecule has 1 fully saturated rings. The first-order valence-electron chi connectivity index (χ1n) is 16.0. The predicted octanol–water partition coefficient (Wildman–Crippen LogP) is 5.55. The third kappa shape index (κ3) is 7.73. The van der Waals surface area contributed by atoms with E-state index in [-0.39, 0.29) is 22.9 Å². The van der Waals surface area contributed by atoms with E-state index in [1.54, 1.807) is 31.4 Å². The number of piperidine rings is 1. The van der Waals surface area contributed by atoms with E-state index >= 15 is 4.39 Å². The zero-order valence-electron chi connectivity index (χ0n) is 27.4. The van der Waals surface area contributed by atoms with Gasteiger partial charge in [-0.1, -0.05) is 0 Å². The van der Waals surface area contributed by atoms with Gasteiger partial charge in [0.15, 0.2) is 23.1 Å². The topological polar surface area (TPSA) is 124 Å². The summed E-state index contributed by atoms with van der Waals surface area (Å²) < 4.78 is 47.7. The number of amides is 2. The summed E-state index contributed by atoms with van der Waals surface area (Å²) in [5, 5.41) is 5.77. The molecule has 5 aromatic rings. The van der Waals surface area contributed by atoms with Gasteiger partial charge in [-0.05, 0) is 92.5 Å². The number of hydrogen-bond acceptors (Lipinski definition) is 8. The van der Waals surface area contributed by atoms with Crippen molar-refractivity contribution in [3.8, 4) is 28.7 Å². The number of rotatable bonds is 11. The predicted molar refractivity (Wildman–Crippen MR) is 183 cm³/mol. The molecule has 11 nitrogen and oxygen atoms in total. The number of hydrogen-bond donors (Lipinski definition) is 2. The van der Waals surface area contributed by atoms with Gasteiger partial charge in [0, 0.05) is 48.3 Å². The van der Waals surface area contributed by atoms with Crippen molar-refractivity contribution in [1.82, 2.24) is 19.8 Å². The molecule has 2 amide bonds. The van der Waals surface area contributed by atoms with Crippen LogP contribution in [0.15, 0.2) is 90.0 Å². The average molecular weight is 684 g/mol. The van der Waals surface area contributed by atoms with Crippen molar-refractivity contribution in [2.24, 2.45) is 5.92 Å². The Labute approximate surface area is 286 Å². The summed E-state index contributed by atoms with van der Waals surface area (Å²) in [6, 6.07) is 17.1. The second-order valence-electron chi connectivity index (χ2n) is 11.8. The molecule has 3 heterocycles. The van der Waals surface area contributed by atoms with Gasteiger partial charge in [0.2, 0.25) is 5.91 Å². The first-order valence-corrected chi connectivity index (χ1v) is 16.0. The van der Waals surface area contributed by atoms with Crippen molar-refractivity contribution in [2.45, 2.75) is 12.8 Å². The lowest BCUT2D eigenvalue weighted by molar-refractivity contribution is -0.122. The number of methoxy groups -OCH3 is 1. The summed E-state index contributed by atoms with van der Waals surface area (Å²) in [6.45, 7) is 2.50. The fraction of sp³-hybridized carbons (Fsp3) is 0.243. The molecule has 6 rings (SSSR count). The molecule has 2 aromatic heterocycles. The van der Waals surface area contributed by atoms with Crippen LogP contribution in [0.25, 0.3) is 16.6 Å². The largest absolute Gasteiger partial charge is 0.493 e. The molecule has 1 aliphatic heterocycles. The van der Waals surface area contributed by atoms with E-state index in [0.717, 1.165) is 32.0 Å². The van der Waals surface area contributed by atoms with Crippen LogP contribution in [-0.4, -0.2) is 66.7 Å². The lowest BCUT2D eigenvalue weighted by Gasteiger charge is -2.31. The highest BCUT2D eigenvalue weighted by atomic mass is 19.1. The number of likely N-dealkylation sites (N-methyl/N-ethyl adjacent to an activating group) is 1. The van der Waals surface area contributed by atoms with E-state index in [4.69, 9.17) is 14.2 Å². The van der Waals surface area contributed by atoms with Gasteiger partial charge in [-0.3, -0.25) is 28.8 Å². The fourth-order valence-electron chi connectivity index (χ4n) is 5.74. The minimum Gasteiger partial charge on any atom is -0.493 e. The molecule has 0 radical (unpaired) electrons. The Morgan fingerprint density at radius 1 is 0.940 bits per heavy atom. The molecule has 0 saturated carbocycles. The highest BCUT2D eigenvalue weighted by Gasteiger charge is 2.22. The molecule has 0 bridgehead atoms. The molecule has 50 heavy (non-hydrogen) atoms. The molecular weight excluding hydrogens is 648 g/mol. The molecular formula is C37H35F2N5O6. The van der Waals surface area contributed by atoms with Crippen molar-refractivity contribution in [3.05, 3.63) is 113 Å². The van der Waals surface area contributed by atoms with Gasteiger partial charge < -0.3 is 24.8 Å². The zero-order valence-corrected chi connectivity index (χ0v) is 27.4. The number of anilines is 1. The maximum atomic E-state index is 15.3. The number of benzene rings is 3. The Bertz CT molecular complexity index is 2080. The standard InChI is InChI=1S/C37H35F2N5O6/c1-40-35(45)21-43-16-12-23(13-17-43)22-49-34-20-30-28(19-33(34)48-2)31(11-14-41-30)50-32-10-7-25(18-29(32)39)42-36(46)27-4-3-15-44(37(27)47)26-8-5-24(38)6-9-26/h3-11,14-15,18-20,23H,12-13,16-17,21-22H2,1-2H3,(H,40,45)(H,42,46). The molecule has 13 heteroatoms. The van der Waals surface area contributed by atoms with Gasteiger partial charge in [-0.2, -0.15) is 0 Å². The summed E-state index contributed by atoms with van der Waals surface area (Å²) in [7, 11) is 3.17. The van der Waals surface area contributed by atoms with Gasteiger partial charge in [0.25, 0.3) is 11.5 Å². The molecule has 0 atom stereocenters. The molecule has 1 aliphatic rings. The van der Waals surface area contributed by atoms with Crippen molar-refractivity contribution < 1.29 is 32.6 Å². The van der Waals surface area contributed by atoms with Crippen molar-refractivity contribution >= 4 is 28.4 Å². The van der Waals surface area contributed by atoms with E-state index in [9.17, 15) is 18.8 Å². The molecule has 0 unspecified atom stereocenters. The number of nitrogens with zero attached hydrogens (tertiary/aromatic N) is 3. The first-order chi connectivity index (χ1) is 24.2. The minimum atomic E-state index is -0.752. The number of carbonyl (C=O) groups excluding carboxylic acids is 2. The zero-order chi connectivity index (χ0) is 35.2. The van der Waals surface area contributed by atoms with Gasteiger partial charge in [-0.15, -0.1) is 0 Å². The van der Waals surface area contributed by atoms with Crippen LogP contribution in [0.2, 0.25) is 0 Å². The molecule has 1 saturated heterocycles. The van der Waals surface area contributed by atoms with Gasteiger partial charge >= 0.3 is 0 Å². The number of nitrogens with one attached hydrogen (secondary N) is 2. The molecule has 258 valence electrons. The van der Waals surface area contributed by atoms with Crippen LogP contribution >= 0.6 is 0 Å². The van der Waals surface area contributed by atoms with Crippen LogP contribution in [0.3, 0.4) is 0 Å². The number of aromatic nitrogens is 2. The third-order valence-corrected chi connectivity index (χ3v) is 8.52. The molecule has 2 N–H and O–H groups in total. The lowest BCUT2D eigenvalue weighted by atomic mass is 9.98. The fourth-order valence-corrected chi connectivity index (χ4v) is 5.74. The van der Waals surface area contributed by atoms with Crippen LogP contribution in [0.5, 0.6) is 23.0 Å². The number of ether oxygens (including phenoxy) is 3. The Balaban J connectivity index is 1.13. The first kappa shape index (κ1) is 34.1. The normalized spacial score (nSPS) is 13.5. The van der Waals surface area contributed by atoms with Gasteiger partial charge in [-0.25, -0.2) is 8.78 Å². The number of likely N-dealkylation sites (tertiary alicyclic amines) is 1. The maximum absolute atomic E-state index is 15.3. The maximum Gasteiger partial charge on any atom is 0.267 e. The number of pyridine rings is 2. The van der Waals surface area contributed by atoms with Crippen LogP contribution in [-0.2, 0) is 4.79 Å². The Kier molecular flexibility index (Phi) is 10.3. The van der Waals surface area contributed by atoms with E-state index in [0.29, 0.717) is 52.9 Å². The minimum absolute atomic E-state index is 0.00227. The van der Waals surface area contributed by atoms with E-state index in [1.807, 2.05) is 0 Å². The highest BCUT2D eigenvalue weighted by molar-refractivity contribution is 6.04. The number of carbonyl (C=O) groups is 2. The summed E-state index contributed by atoms with van der Waals surface area (Å²) in [5.74, 6) is -0.419. The Morgan fingerprint density at radius 2 is 1.72 bits per heavy atom. The van der Waals surface area contributed by atoms with Crippen molar-refractivity contribution in [3.63, 3.8) is 0 Å². The van der Waals surface area contributed by atoms with Crippen LogP contribution in [0.4, 0.5) is 14.5 Å². The monoisotopic (exact) mass is 683 g/mol. The Hall–Kier alpha value is -5.82. The smallest absolute Gasteiger partial charge is 0.267 e. The molecule has 3 aromatic carbocycles. The quantitative estimate of drug-likeness (QED) is 0.186. The van der Waals surface area contributed by atoms with Crippen molar-refractivity contribution in [2.75, 3.05) is 45.7 Å². The van der Waals surface area contributed by atoms with E-state index in [2.05, 4.69) is 20.5 Å². The Morgan fingerprint density at radius 3 is 2.44 bits per heavy atom. The summed E-state index contributed by atoms with van der Waals surface area (Å²) in [5.41, 5.74) is 0.247. The van der Waals surface area contributed by atoms with Crippen LogP contribution in [0.1, 0.15) is 23.2 Å². The van der Waals surface area contributed by atoms with E-state index < -0.39 is 23.1 Å². The van der Waals surface area contributed by atoms with Crippen molar-refractivity contribution in [1.29, 1.82) is 0 Å². The second-order valence-corrected chi connectivity index (χ2v) is 11.8. The number of fused-ring (bicyclic) bond motifs is 1. The summed E-state index contributed by atoms with van der Waals surface area (Å²) in [4.78, 5) is 44.3. The average Bonchev–Trinajstić information content (AvgIpc) is 3.12.